The van der Waals surface area contributed by atoms with Crippen LogP contribution >= 0.6 is 0 Å². The lowest BCUT2D eigenvalue weighted by Gasteiger charge is -2.37. The predicted molar refractivity (Wildman–Crippen MR) is 76.4 cm³/mol. The third kappa shape index (κ3) is 3.93. The molecule has 2 atom stereocenters. The van der Waals surface area contributed by atoms with E-state index in [0.29, 0.717) is 24.3 Å². The maximum atomic E-state index is 6.41. The first-order chi connectivity index (χ1) is 9.42. The fraction of sp³-hybridized carbons (Fsp3) is 1.00. The number of hydrogen-bond acceptors (Lipinski definition) is 3. The van der Waals surface area contributed by atoms with E-state index in [2.05, 4.69) is 5.32 Å². The fourth-order valence-corrected chi connectivity index (χ4v) is 3.89. The monoisotopic (exact) mass is 267 g/mol. The molecule has 1 N–H and O–H groups in total. The van der Waals surface area contributed by atoms with E-state index in [1.165, 1.54) is 64.2 Å². The molecule has 19 heavy (non-hydrogen) atoms. The Labute approximate surface area is 117 Å². The molecule has 3 fully saturated rings. The van der Waals surface area contributed by atoms with Gasteiger partial charge in [-0.15, -0.1) is 0 Å². The molecule has 2 saturated carbocycles. The Balaban J connectivity index is 1.50. The molecule has 0 amide bonds. The van der Waals surface area contributed by atoms with Crippen LogP contribution in [0.3, 0.4) is 0 Å². The van der Waals surface area contributed by atoms with Crippen molar-refractivity contribution in [2.24, 2.45) is 0 Å². The summed E-state index contributed by atoms with van der Waals surface area (Å²) in [6, 6.07) is 1.25. The molecule has 110 valence electrons. The van der Waals surface area contributed by atoms with Gasteiger partial charge in [0, 0.05) is 25.3 Å². The zero-order chi connectivity index (χ0) is 12.9. The highest BCUT2D eigenvalue weighted by Crippen LogP contribution is 2.28. The smallest absolute Gasteiger partial charge is 0.0731 e. The molecular weight excluding hydrogens is 238 g/mol. The van der Waals surface area contributed by atoms with Crippen LogP contribution in [0.25, 0.3) is 0 Å². The summed E-state index contributed by atoms with van der Waals surface area (Å²) >= 11 is 0. The summed E-state index contributed by atoms with van der Waals surface area (Å²) in [4.78, 5) is 0. The predicted octanol–water partition coefficient (Wildman–Crippen LogP) is 3.03. The van der Waals surface area contributed by atoms with E-state index in [1.807, 2.05) is 0 Å². The van der Waals surface area contributed by atoms with Crippen molar-refractivity contribution in [2.75, 3.05) is 13.2 Å². The van der Waals surface area contributed by atoms with Gasteiger partial charge in [0.15, 0.2) is 0 Å². The molecule has 0 aromatic rings. The quantitative estimate of drug-likeness (QED) is 0.849. The zero-order valence-electron chi connectivity index (χ0n) is 12.1. The van der Waals surface area contributed by atoms with Gasteiger partial charge >= 0.3 is 0 Å². The Bertz CT molecular complexity index is 259. The van der Waals surface area contributed by atoms with E-state index in [-0.39, 0.29) is 0 Å². The Morgan fingerprint density at radius 3 is 2.26 bits per heavy atom. The maximum absolute atomic E-state index is 6.41. The van der Waals surface area contributed by atoms with Gasteiger partial charge in [0.05, 0.1) is 12.2 Å². The van der Waals surface area contributed by atoms with Gasteiger partial charge in [-0.1, -0.05) is 25.7 Å². The van der Waals surface area contributed by atoms with Crippen LogP contribution in [-0.4, -0.2) is 37.5 Å². The molecule has 0 spiro atoms. The van der Waals surface area contributed by atoms with E-state index in [0.717, 1.165) is 13.2 Å². The Morgan fingerprint density at radius 1 is 0.789 bits per heavy atom. The highest BCUT2D eigenvalue weighted by Gasteiger charge is 2.31. The van der Waals surface area contributed by atoms with E-state index < -0.39 is 0 Å². The summed E-state index contributed by atoms with van der Waals surface area (Å²) in [7, 11) is 0. The molecule has 0 aromatic carbocycles. The first-order valence-electron chi connectivity index (χ1n) is 8.41. The lowest BCUT2D eigenvalue weighted by Crippen LogP contribution is -2.50. The van der Waals surface area contributed by atoms with E-state index in [4.69, 9.17) is 9.47 Å². The third-order valence-electron chi connectivity index (χ3n) is 5.04. The van der Waals surface area contributed by atoms with Crippen molar-refractivity contribution in [1.29, 1.82) is 0 Å². The van der Waals surface area contributed by atoms with Gasteiger partial charge in [0.2, 0.25) is 0 Å². The Kier molecular flexibility index (Phi) is 5.14. The van der Waals surface area contributed by atoms with Gasteiger partial charge in [-0.25, -0.2) is 0 Å². The second-order valence-corrected chi connectivity index (χ2v) is 6.53. The van der Waals surface area contributed by atoms with Crippen LogP contribution in [0.1, 0.15) is 64.2 Å². The number of rotatable bonds is 4. The van der Waals surface area contributed by atoms with E-state index in [9.17, 15) is 0 Å². The molecule has 0 bridgehead atoms. The minimum Gasteiger partial charge on any atom is -0.381 e. The van der Waals surface area contributed by atoms with Crippen LogP contribution in [0.4, 0.5) is 0 Å². The highest BCUT2D eigenvalue weighted by molar-refractivity contribution is 4.87. The minimum atomic E-state index is 0.472. The number of hydrogen-bond donors (Lipinski definition) is 1. The first-order valence-corrected chi connectivity index (χ1v) is 8.41. The van der Waals surface area contributed by atoms with Crippen LogP contribution in [0.2, 0.25) is 0 Å². The summed E-state index contributed by atoms with van der Waals surface area (Å²) in [5, 5.41) is 3.88. The summed E-state index contributed by atoms with van der Waals surface area (Å²) in [6.07, 6.45) is 14.0. The first kappa shape index (κ1) is 13.8. The highest BCUT2D eigenvalue weighted by atomic mass is 16.5. The molecule has 3 rings (SSSR count). The average molecular weight is 267 g/mol. The fourth-order valence-electron chi connectivity index (χ4n) is 3.89. The summed E-state index contributed by atoms with van der Waals surface area (Å²) in [6.45, 7) is 1.86. The van der Waals surface area contributed by atoms with Crippen molar-refractivity contribution in [2.45, 2.75) is 88.5 Å². The van der Waals surface area contributed by atoms with Gasteiger partial charge in [-0.2, -0.15) is 0 Å². The molecule has 1 heterocycles. The van der Waals surface area contributed by atoms with E-state index in [1.54, 1.807) is 0 Å². The van der Waals surface area contributed by atoms with Crippen LogP contribution in [0, 0.1) is 0 Å². The van der Waals surface area contributed by atoms with Crippen molar-refractivity contribution >= 4 is 0 Å². The number of nitrogens with one attached hydrogen (secondary N) is 1. The minimum absolute atomic E-state index is 0.472. The van der Waals surface area contributed by atoms with Crippen LogP contribution in [0.15, 0.2) is 0 Å². The second-order valence-electron chi connectivity index (χ2n) is 6.53. The topological polar surface area (TPSA) is 30.5 Å². The van der Waals surface area contributed by atoms with Gasteiger partial charge in [0.25, 0.3) is 0 Å². The number of ether oxygens (including phenoxy) is 2. The molecular formula is C16H29NO2. The van der Waals surface area contributed by atoms with Crippen molar-refractivity contribution < 1.29 is 9.47 Å². The second kappa shape index (κ2) is 7.05. The molecule has 0 radical (unpaired) electrons. The molecule has 3 aliphatic rings. The Hall–Kier alpha value is -0.120. The SMILES string of the molecule is C1CCC(OC2CCCCC2NC2CCOCC2)C1. The van der Waals surface area contributed by atoms with Crippen molar-refractivity contribution in [1.82, 2.24) is 5.32 Å². The summed E-state index contributed by atoms with van der Waals surface area (Å²) < 4.78 is 11.9. The molecule has 0 aromatic heterocycles. The van der Waals surface area contributed by atoms with Crippen LogP contribution in [-0.2, 0) is 9.47 Å². The van der Waals surface area contributed by atoms with Crippen molar-refractivity contribution in [3.05, 3.63) is 0 Å². The lowest BCUT2D eigenvalue weighted by molar-refractivity contribution is -0.0485. The molecule has 1 saturated heterocycles. The molecule has 3 nitrogen and oxygen atoms in total. The van der Waals surface area contributed by atoms with Crippen molar-refractivity contribution in [3.63, 3.8) is 0 Å². The zero-order valence-corrected chi connectivity index (χ0v) is 12.1. The molecule has 1 aliphatic heterocycles. The molecule has 2 aliphatic carbocycles. The van der Waals surface area contributed by atoms with Gasteiger partial charge in [0.1, 0.15) is 0 Å². The van der Waals surface area contributed by atoms with Gasteiger partial charge in [-0.05, 0) is 38.5 Å². The molecule has 3 heteroatoms. The summed E-state index contributed by atoms with van der Waals surface area (Å²) in [5.74, 6) is 0. The molecule has 2 unspecified atom stereocenters. The largest absolute Gasteiger partial charge is 0.381 e. The van der Waals surface area contributed by atoms with Gasteiger partial charge < -0.3 is 14.8 Å². The lowest BCUT2D eigenvalue weighted by atomic mass is 9.91. The van der Waals surface area contributed by atoms with Crippen LogP contribution in [0.5, 0.6) is 0 Å². The van der Waals surface area contributed by atoms with Gasteiger partial charge in [-0.3, -0.25) is 0 Å². The van der Waals surface area contributed by atoms with Crippen LogP contribution < -0.4 is 5.32 Å². The standard InChI is InChI=1S/C16H29NO2/c1-2-6-14(5-1)19-16-8-4-3-7-15(16)17-13-9-11-18-12-10-13/h13-17H,1-12H2. The Morgan fingerprint density at radius 2 is 1.47 bits per heavy atom. The summed E-state index contributed by atoms with van der Waals surface area (Å²) in [5.41, 5.74) is 0. The third-order valence-corrected chi connectivity index (χ3v) is 5.04. The van der Waals surface area contributed by atoms with Crippen molar-refractivity contribution in [3.8, 4) is 0 Å². The average Bonchev–Trinajstić information content (AvgIpc) is 2.95. The maximum Gasteiger partial charge on any atom is 0.0731 e. The van der Waals surface area contributed by atoms with E-state index >= 15 is 0 Å². The normalized spacial score (nSPS) is 34.7.